The van der Waals surface area contributed by atoms with Crippen LogP contribution in [0.1, 0.15) is 15.9 Å². The summed E-state index contributed by atoms with van der Waals surface area (Å²) in [6, 6.07) is 18.8. The molecule has 0 radical (unpaired) electrons. The van der Waals surface area contributed by atoms with E-state index in [-0.39, 0.29) is 23.7 Å². The van der Waals surface area contributed by atoms with Crippen molar-refractivity contribution in [2.24, 2.45) is 0 Å². The second-order valence-corrected chi connectivity index (χ2v) is 8.13. The summed E-state index contributed by atoms with van der Waals surface area (Å²) in [5.41, 5.74) is 2.38. The highest BCUT2D eigenvalue weighted by Crippen LogP contribution is 2.30. The van der Waals surface area contributed by atoms with Crippen molar-refractivity contribution in [3.05, 3.63) is 93.0 Å². The normalized spacial score (nSPS) is 13.2. The molecule has 0 unspecified atom stereocenters. The molecule has 0 bridgehead atoms. The van der Waals surface area contributed by atoms with Crippen LogP contribution in [0.25, 0.3) is 0 Å². The van der Waals surface area contributed by atoms with Gasteiger partial charge in [0.05, 0.1) is 22.2 Å². The van der Waals surface area contributed by atoms with Crippen LogP contribution in [0.4, 0.5) is 22.7 Å². The zero-order valence-corrected chi connectivity index (χ0v) is 18.8. The first-order valence-corrected chi connectivity index (χ1v) is 11.0. The van der Waals surface area contributed by atoms with E-state index in [0.29, 0.717) is 41.7 Å². The third-order valence-corrected chi connectivity index (χ3v) is 5.67. The number of hydrogen-bond acceptors (Lipinski definition) is 6. The number of rotatable bonds is 7. The summed E-state index contributed by atoms with van der Waals surface area (Å²) < 4.78 is 0. The molecule has 1 aliphatic heterocycles. The van der Waals surface area contributed by atoms with Crippen LogP contribution in [-0.2, 0) is 11.3 Å². The summed E-state index contributed by atoms with van der Waals surface area (Å²) in [6.07, 6.45) is 0. The highest BCUT2D eigenvalue weighted by atomic mass is 35.5. The Bertz CT molecular complexity index is 1240. The van der Waals surface area contributed by atoms with Gasteiger partial charge in [0.1, 0.15) is 5.69 Å². The van der Waals surface area contributed by atoms with Crippen molar-refractivity contribution in [2.75, 3.05) is 35.2 Å². The molecule has 10 heteroatoms. The number of anilines is 3. The van der Waals surface area contributed by atoms with Crippen molar-refractivity contribution in [2.45, 2.75) is 6.54 Å². The minimum Gasteiger partial charge on any atom is -0.375 e. The molecule has 2 amide bonds. The van der Waals surface area contributed by atoms with Gasteiger partial charge in [-0.25, -0.2) is 0 Å². The lowest BCUT2D eigenvalue weighted by molar-refractivity contribution is -0.384. The van der Waals surface area contributed by atoms with Crippen molar-refractivity contribution < 1.29 is 14.5 Å². The number of piperazine rings is 1. The number of carbonyl (C=O) groups excluding carboxylic acids is 2. The molecule has 9 nitrogen and oxygen atoms in total. The molecular formula is C24H22ClN5O4. The van der Waals surface area contributed by atoms with Gasteiger partial charge in [-0.05, 0) is 35.9 Å². The molecule has 3 aromatic carbocycles. The van der Waals surface area contributed by atoms with Crippen LogP contribution in [0.5, 0.6) is 0 Å². The Morgan fingerprint density at radius 1 is 1.12 bits per heavy atom. The largest absolute Gasteiger partial charge is 0.375 e. The van der Waals surface area contributed by atoms with E-state index in [2.05, 4.69) is 16.0 Å². The maximum atomic E-state index is 12.8. The molecule has 34 heavy (non-hydrogen) atoms. The zero-order valence-electron chi connectivity index (χ0n) is 18.1. The second kappa shape index (κ2) is 10.2. The van der Waals surface area contributed by atoms with Crippen molar-refractivity contribution in [1.82, 2.24) is 5.32 Å². The van der Waals surface area contributed by atoms with Crippen LogP contribution in [0.2, 0.25) is 5.02 Å². The first-order valence-electron chi connectivity index (χ1n) is 10.6. The van der Waals surface area contributed by atoms with Crippen LogP contribution < -0.4 is 20.9 Å². The molecule has 1 fully saturated rings. The maximum absolute atomic E-state index is 12.8. The van der Waals surface area contributed by atoms with Crippen LogP contribution >= 0.6 is 11.6 Å². The summed E-state index contributed by atoms with van der Waals surface area (Å²) in [6.45, 7) is 1.78. The summed E-state index contributed by atoms with van der Waals surface area (Å²) >= 11 is 6.39. The molecule has 0 saturated carbocycles. The highest BCUT2D eigenvalue weighted by Gasteiger charge is 2.20. The molecule has 1 aliphatic rings. The average molecular weight is 480 g/mol. The SMILES string of the molecule is O=C1CN(c2ccc(NC(=O)c3ccc(NCc4ccccc4)c([N+](=O)[O-])c3)cc2Cl)CCN1. The molecule has 0 aromatic heterocycles. The summed E-state index contributed by atoms with van der Waals surface area (Å²) in [5.74, 6) is -0.582. The third-order valence-electron chi connectivity index (χ3n) is 5.37. The van der Waals surface area contributed by atoms with Gasteiger partial charge in [-0.2, -0.15) is 0 Å². The van der Waals surface area contributed by atoms with Gasteiger partial charge in [0, 0.05) is 37.0 Å². The Labute approximate surface area is 200 Å². The van der Waals surface area contributed by atoms with E-state index in [1.54, 1.807) is 18.2 Å². The van der Waals surface area contributed by atoms with E-state index >= 15 is 0 Å². The van der Waals surface area contributed by atoms with Gasteiger partial charge in [0.2, 0.25) is 5.91 Å². The molecule has 174 valence electrons. The summed E-state index contributed by atoms with van der Waals surface area (Å²) in [7, 11) is 0. The fourth-order valence-corrected chi connectivity index (χ4v) is 3.96. The number of halogens is 1. The Morgan fingerprint density at radius 2 is 1.91 bits per heavy atom. The topological polar surface area (TPSA) is 117 Å². The molecule has 0 atom stereocenters. The van der Waals surface area contributed by atoms with Gasteiger partial charge >= 0.3 is 0 Å². The fourth-order valence-electron chi connectivity index (χ4n) is 3.66. The fraction of sp³-hybridized carbons (Fsp3) is 0.167. The lowest BCUT2D eigenvalue weighted by Crippen LogP contribution is -2.47. The minimum atomic E-state index is -0.523. The second-order valence-electron chi connectivity index (χ2n) is 7.72. The Morgan fingerprint density at radius 3 is 2.62 bits per heavy atom. The molecular weight excluding hydrogens is 458 g/mol. The monoisotopic (exact) mass is 479 g/mol. The van der Waals surface area contributed by atoms with Crippen molar-refractivity contribution in [1.29, 1.82) is 0 Å². The number of hydrogen-bond donors (Lipinski definition) is 3. The van der Waals surface area contributed by atoms with Gasteiger partial charge in [-0.15, -0.1) is 0 Å². The standard InChI is InChI=1S/C24H22ClN5O4/c25-19-13-18(7-9-21(19)29-11-10-26-23(31)15-29)28-24(32)17-6-8-20(22(12-17)30(33)34)27-14-16-4-2-1-3-5-16/h1-9,12-13,27H,10-11,14-15H2,(H,26,31)(H,28,32). The first kappa shape index (κ1) is 23.1. The summed E-state index contributed by atoms with van der Waals surface area (Å²) in [5, 5.41) is 20.5. The van der Waals surface area contributed by atoms with Crippen LogP contribution in [-0.4, -0.2) is 36.4 Å². The van der Waals surface area contributed by atoms with E-state index in [1.807, 2.05) is 35.2 Å². The number of amides is 2. The van der Waals surface area contributed by atoms with Gasteiger partial charge in [-0.3, -0.25) is 19.7 Å². The molecule has 0 spiro atoms. The lowest BCUT2D eigenvalue weighted by atomic mass is 10.1. The van der Waals surface area contributed by atoms with Gasteiger partial charge in [0.15, 0.2) is 0 Å². The molecule has 4 rings (SSSR count). The Hall–Kier alpha value is -4.11. The average Bonchev–Trinajstić information content (AvgIpc) is 2.83. The van der Waals surface area contributed by atoms with Crippen molar-refractivity contribution in [3.63, 3.8) is 0 Å². The third kappa shape index (κ3) is 5.44. The Balaban J connectivity index is 1.47. The van der Waals surface area contributed by atoms with Crippen LogP contribution in [0.15, 0.2) is 66.7 Å². The van der Waals surface area contributed by atoms with Crippen molar-refractivity contribution >= 4 is 46.2 Å². The van der Waals surface area contributed by atoms with Crippen LogP contribution in [0, 0.1) is 10.1 Å². The quantitative estimate of drug-likeness (QED) is 0.347. The predicted octanol–water partition coefficient (Wildman–Crippen LogP) is 4.05. The van der Waals surface area contributed by atoms with Gasteiger partial charge in [0.25, 0.3) is 11.6 Å². The number of nitrogens with one attached hydrogen (secondary N) is 3. The predicted molar refractivity (Wildman–Crippen MR) is 131 cm³/mol. The number of nitrogens with zero attached hydrogens (tertiary/aromatic N) is 2. The molecule has 1 saturated heterocycles. The zero-order chi connectivity index (χ0) is 24.1. The van der Waals surface area contributed by atoms with Crippen molar-refractivity contribution in [3.8, 4) is 0 Å². The maximum Gasteiger partial charge on any atom is 0.293 e. The van der Waals surface area contributed by atoms with E-state index in [1.165, 1.54) is 18.2 Å². The van der Waals surface area contributed by atoms with E-state index < -0.39 is 10.8 Å². The van der Waals surface area contributed by atoms with Gasteiger partial charge < -0.3 is 20.9 Å². The number of benzene rings is 3. The first-order chi connectivity index (χ1) is 16.4. The number of nitro benzene ring substituents is 1. The number of carbonyl (C=O) groups is 2. The van der Waals surface area contributed by atoms with Crippen LogP contribution in [0.3, 0.4) is 0 Å². The smallest absolute Gasteiger partial charge is 0.293 e. The Kier molecular flexibility index (Phi) is 6.93. The molecule has 1 heterocycles. The van der Waals surface area contributed by atoms with E-state index in [0.717, 1.165) is 5.56 Å². The minimum absolute atomic E-state index is 0.0806. The van der Waals surface area contributed by atoms with Gasteiger partial charge in [-0.1, -0.05) is 41.9 Å². The lowest BCUT2D eigenvalue weighted by Gasteiger charge is -2.29. The number of nitro groups is 1. The molecule has 3 N–H and O–H groups in total. The van der Waals surface area contributed by atoms with E-state index in [4.69, 9.17) is 11.6 Å². The summed E-state index contributed by atoms with van der Waals surface area (Å²) in [4.78, 5) is 37.3. The highest BCUT2D eigenvalue weighted by molar-refractivity contribution is 6.33. The molecule has 0 aliphatic carbocycles. The molecule has 3 aromatic rings. The van der Waals surface area contributed by atoms with E-state index in [9.17, 15) is 19.7 Å².